The van der Waals surface area contributed by atoms with E-state index in [1.54, 1.807) is 42.5 Å². The van der Waals surface area contributed by atoms with Crippen molar-refractivity contribution in [3.8, 4) is 17.3 Å². The maximum Gasteiger partial charge on any atom is 0.335 e. The Hall–Kier alpha value is -2.79. The molecule has 0 spiro atoms. The lowest BCUT2D eigenvalue weighted by Gasteiger charge is -2.20. The van der Waals surface area contributed by atoms with E-state index in [1.165, 1.54) is 0 Å². The van der Waals surface area contributed by atoms with Gasteiger partial charge in [-0.1, -0.05) is 29.8 Å². The number of benzene rings is 2. The molecule has 1 aliphatic heterocycles. The average molecular weight is 327 g/mol. The van der Waals surface area contributed by atoms with Crippen LogP contribution in [-0.2, 0) is 6.42 Å². The van der Waals surface area contributed by atoms with Crippen LogP contribution in [0.25, 0.3) is 5.69 Å². The molecule has 23 heavy (non-hydrogen) atoms. The van der Waals surface area contributed by atoms with E-state index >= 15 is 0 Å². The molecule has 0 amide bonds. The molecule has 5 nitrogen and oxygen atoms in total. The van der Waals surface area contributed by atoms with Gasteiger partial charge in [-0.15, -0.1) is 0 Å². The number of hydrogen-bond donors (Lipinski definition) is 1. The summed E-state index contributed by atoms with van der Waals surface area (Å²) in [7, 11) is 0. The largest absolute Gasteiger partial charge is 0.440 e. The van der Waals surface area contributed by atoms with Crippen molar-refractivity contribution in [3.63, 3.8) is 0 Å². The van der Waals surface area contributed by atoms with Crippen LogP contribution in [0.5, 0.6) is 11.6 Å². The molecule has 0 saturated carbocycles. The maximum absolute atomic E-state index is 12.8. The average Bonchev–Trinajstić information content (AvgIpc) is 2.55. The minimum Gasteiger partial charge on any atom is -0.440 e. The molecule has 4 rings (SSSR count). The normalized spacial score (nSPS) is 12.2. The van der Waals surface area contributed by atoms with Gasteiger partial charge in [-0.2, -0.15) is 0 Å². The molecule has 1 N–H and O–H groups in total. The Balaban J connectivity index is 1.92. The third-order valence-corrected chi connectivity index (χ3v) is 4.01. The summed E-state index contributed by atoms with van der Waals surface area (Å²) in [6.45, 7) is 0. The number of para-hydroxylation sites is 1. The second-order valence-electron chi connectivity index (χ2n) is 5.24. The SMILES string of the molecule is O=c1[nH]c2c(c(=O)n1-c1ccccc1)Cc1cc(Cl)ccc1O2. The Bertz CT molecular complexity index is 1020. The van der Waals surface area contributed by atoms with Crippen molar-refractivity contribution in [3.05, 3.63) is 85.5 Å². The van der Waals surface area contributed by atoms with Crippen molar-refractivity contribution >= 4 is 11.6 Å². The first-order valence-corrected chi connectivity index (χ1v) is 7.41. The first-order chi connectivity index (χ1) is 11.1. The fourth-order valence-electron chi connectivity index (χ4n) is 2.69. The molecule has 0 atom stereocenters. The van der Waals surface area contributed by atoms with Gasteiger partial charge in [0.15, 0.2) is 0 Å². The highest BCUT2D eigenvalue weighted by Gasteiger charge is 2.23. The first-order valence-electron chi connectivity index (χ1n) is 7.03. The quantitative estimate of drug-likeness (QED) is 0.585. The highest BCUT2D eigenvalue weighted by atomic mass is 35.5. The van der Waals surface area contributed by atoms with Gasteiger partial charge >= 0.3 is 5.69 Å². The smallest absolute Gasteiger partial charge is 0.335 e. The summed E-state index contributed by atoms with van der Waals surface area (Å²) in [4.78, 5) is 27.7. The lowest BCUT2D eigenvalue weighted by atomic mass is 10.0. The van der Waals surface area contributed by atoms with Gasteiger partial charge < -0.3 is 4.74 Å². The summed E-state index contributed by atoms with van der Waals surface area (Å²) < 4.78 is 6.77. The highest BCUT2D eigenvalue weighted by Crippen LogP contribution is 2.34. The zero-order valence-electron chi connectivity index (χ0n) is 11.9. The molecule has 2 aromatic carbocycles. The Morgan fingerprint density at radius 2 is 1.87 bits per heavy atom. The van der Waals surface area contributed by atoms with Gasteiger partial charge in [0.05, 0.1) is 11.3 Å². The molecule has 3 aromatic rings. The summed E-state index contributed by atoms with van der Waals surface area (Å²) in [5.41, 5.74) is 0.813. The molecule has 6 heteroatoms. The predicted octanol–water partition coefficient (Wildman–Crippen LogP) is 2.88. The molecule has 0 aliphatic carbocycles. The molecule has 0 saturated heterocycles. The lowest BCUT2D eigenvalue weighted by molar-refractivity contribution is 0.432. The van der Waals surface area contributed by atoms with Gasteiger partial charge in [0.2, 0.25) is 5.88 Å². The van der Waals surface area contributed by atoms with Crippen LogP contribution in [0.15, 0.2) is 58.1 Å². The zero-order valence-corrected chi connectivity index (χ0v) is 12.6. The molecule has 1 aromatic heterocycles. The van der Waals surface area contributed by atoms with Crippen LogP contribution in [0.1, 0.15) is 11.1 Å². The summed E-state index contributed by atoms with van der Waals surface area (Å²) >= 11 is 6.00. The predicted molar refractivity (Wildman–Crippen MR) is 87.0 cm³/mol. The minimum atomic E-state index is -0.530. The molecule has 0 bridgehead atoms. The van der Waals surface area contributed by atoms with E-state index in [0.717, 1.165) is 10.1 Å². The molecular weight excluding hydrogens is 316 g/mol. The Labute approximate surface area is 135 Å². The molecule has 2 heterocycles. The van der Waals surface area contributed by atoms with Crippen LogP contribution in [0.2, 0.25) is 5.02 Å². The Morgan fingerprint density at radius 3 is 2.65 bits per heavy atom. The van der Waals surface area contributed by atoms with Crippen LogP contribution < -0.4 is 16.0 Å². The second kappa shape index (κ2) is 5.14. The van der Waals surface area contributed by atoms with E-state index < -0.39 is 5.69 Å². The monoisotopic (exact) mass is 326 g/mol. The van der Waals surface area contributed by atoms with Gasteiger partial charge in [-0.05, 0) is 30.3 Å². The third-order valence-electron chi connectivity index (χ3n) is 3.78. The van der Waals surface area contributed by atoms with E-state index in [0.29, 0.717) is 28.4 Å². The standard InChI is InChI=1S/C17H11ClN2O3/c18-11-6-7-14-10(8-11)9-13-15(23-14)19-17(22)20(16(13)21)12-4-2-1-3-5-12/h1-8H,9H2,(H,19,22). The summed E-state index contributed by atoms with van der Waals surface area (Å²) in [6, 6.07) is 14.0. The van der Waals surface area contributed by atoms with Crippen molar-refractivity contribution in [2.24, 2.45) is 0 Å². The maximum atomic E-state index is 12.8. The fourth-order valence-corrected chi connectivity index (χ4v) is 2.89. The molecule has 1 aliphatic rings. The van der Waals surface area contributed by atoms with Crippen LogP contribution in [0.3, 0.4) is 0 Å². The van der Waals surface area contributed by atoms with Gasteiger partial charge in [0, 0.05) is 17.0 Å². The van der Waals surface area contributed by atoms with Crippen molar-refractivity contribution in [2.45, 2.75) is 6.42 Å². The number of ether oxygens (including phenoxy) is 1. The van der Waals surface area contributed by atoms with E-state index in [1.807, 2.05) is 6.07 Å². The number of fused-ring (bicyclic) bond motifs is 2. The Kier molecular flexibility index (Phi) is 3.09. The number of halogens is 1. The van der Waals surface area contributed by atoms with E-state index in [2.05, 4.69) is 4.98 Å². The van der Waals surface area contributed by atoms with Crippen LogP contribution in [0.4, 0.5) is 0 Å². The third kappa shape index (κ3) is 2.26. The van der Waals surface area contributed by atoms with Gasteiger partial charge in [0.1, 0.15) is 5.75 Å². The lowest BCUT2D eigenvalue weighted by Crippen LogP contribution is -2.37. The number of rotatable bonds is 1. The second-order valence-corrected chi connectivity index (χ2v) is 5.68. The number of hydrogen-bond acceptors (Lipinski definition) is 3. The first kappa shape index (κ1) is 13.8. The van der Waals surface area contributed by atoms with Gasteiger partial charge in [-0.3, -0.25) is 9.78 Å². The highest BCUT2D eigenvalue weighted by molar-refractivity contribution is 6.30. The fraction of sp³-hybridized carbons (Fsp3) is 0.0588. The molecule has 114 valence electrons. The van der Waals surface area contributed by atoms with Crippen molar-refractivity contribution < 1.29 is 4.74 Å². The number of nitrogens with zero attached hydrogens (tertiary/aromatic N) is 1. The Morgan fingerprint density at radius 1 is 1.09 bits per heavy atom. The number of nitrogens with one attached hydrogen (secondary N) is 1. The minimum absolute atomic E-state index is 0.196. The molecule has 0 unspecified atom stereocenters. The van der Waals surface area contributed by atoms with Crippen molar-refractivity contribution in [1.29, 1.82) is 0 Å². The number of H-pyrrole nitrogens is 1. The summed E-state index contributed by atoms with van der Waals surface area (Å²) in [5.74, 6) is 0.788. The molecule has 0 radical (unpaired) electrons. The van der Waals surface area contributed by atoms with Crippen LogP contribution >= 0.6 is 11.6 Å². The van der Waals surface area contributed by atoms with Crippen LogP contribution in [0, 0.1) is 0 Å². The molecular formula is C17H11ClN2O3. The summed E-state index contributed by atoms with van der Waals surface area (Å²) in [5, 5.41) is 0.573. The topological polar surface area (TPSA) is 64.1 Å². The van der Waals surface area contributed by atoms with E-state index in [-0.39, 0.29) is 11.4 Å². The number of aromatic nitrogens is 2. The van der Waals surface area contributed by atoms with Crippen LogP contribution in [-0.4, -0.2) is 9.55 Å². The zero-order chi connectivity index (χ0) is 16.0. The van der Waals surface area contributed by atoms with E-state index in [9.17, 15) is 9.59 Å². The van der Waals surface area contributed by atoms with Gasteiger partial charge in [-0.25, -0.2) is 9.36 Å². The van der Waals surface area contributed by atoms with Gasteiger partial charge in [0.25, 0.3) is 5.56 Å². The van der Waals surface area contributed by atoms with Crippen molar-refractivity contribution in [2.75, 3.05) is 0 Å². The molecule has 0 fully saturated rings. The van der Waals surface area contributed by atoms with Crippen molar-refractivity contribution in [1.82, 2.24) is 9.55 Å². The summed E-state index contributed by atoms with van der Waals surface area (Å²) in [6.07, 6.45) is 0.355. The number of aromatic amines is 1. The van der Waals surface area contributed by atoms with E-state index in [4.69, 9.17) is 16.3 Å².